The highest BCUT2D eigenvalue weighted by Gasteiger charge is 2.12. The summed E-state index contributed by atoms with van der Waals surface area (Å²) in [5, 5.41) is 12.0. The van der Waals surface area contributed by atoms with Crippen LogP contribution in [-0.4, -0.2) is 37.7 Å². The second-order valence-electron chi connectivity index (χ2n) is 6.21. The van der Waals surface area contributed by atoms with E-state index >= 15 is 0 Å². The summed E-state index contributed by atoms with van der Waals surface area (Å²) in [6, 6.07) is 12.9. The molecule has 166 valence electrons. The van der Waals surface area contributed by atoms with Gasteiger partial charge in [-0.25, -0.2) is 9.59 Å². The molecule has 0 unspecified atom stereocenters. The Kier molecular flexibility index (Phi) is 9.44. The molecule has 0 saturated carbocycles. The number of nitriles is 1. The van der Waals surface area contributed by atoms with E-state index in [1.165, 1.54) is 18.2 Å². The van der Waals surface area contributed by atoms with Gasteiger partial charge in [0.15, 0.2) is 6.61 Å². The second-order valence-corrected chi connectivity index (χ2v) is 7.06. The molecule has 9 heteroatoms. The van der Waals surface area contributed by atoms with Crippen molar-refractivity contribution in [3.63, 3.8) is 0 Å². The zero-order chi connectivity index (χ0) is 23.5. The quantitative estimate of drug-likeness (QED) is 0.312. The minimum Gasteiger partial charge on any atom is -0.481 e. The van der Waals surface area contributed by atoms with Gasteiger partial charge in [-0.15, -0.1) is 0 Å². The fourth-order valence-corrected chi connectivity index (χ4v) is 2.99. The van der Waals surface area contributed by atoms with Gasteiger partial charge in [-0.3, -0.25) is 4.79 Å². The molecule has 2 aromatic carbocycles. The molecule has 2 rings (SSSR count). The van der Waals surface area contributed by atoms with Crippen LogP contribution in [0, 0.1) is 11.3 Å². The first-order valence-corrected chi connectivity index (χ1v) is 10.5. The van der Waals surface area contributed by atoms with Gasteiger partial charge in [0.25, 0.3) is 5.91 Å². The molecule has 0 atom stereocenters. The minimum absolute atomic E-state index is 0.119. The van der Waals surface area contributed by atoms with E-state index in [1.807, 2.05) is 6.07 Å². The molecular weight excluding hydrogens is 480 g/mol. The average molecular weight is 501 g/mol. The van der Waals surface area contributed by atoms with Crippen LogP contribution in [0.1, 0.15) is 29.8 Å². The number of nitrogens with zero attached hydrogens (tertiary/aromatic N) is 1. The Morgan fingerprint density at radius 3 is 2.34 bits per heavy atom. The maximum absolute atomic E-state index is 12.5. The van der Waals surface area contributed by atoms with E-state index in [0.717, 1.165) is 0 Å². The Balaban J connectivity index is 2.07. The lowest BCUT2D eigenvalue weighted by atomic mass is 10.1. The lowest BCUT2D eigenvalue weighted by Gasteiger charge is -2.09. The van der Waals surface area contributed by atoms with E-state index in [9.17, 15) is 19.6 Å². The fourth-order valence-electron chi connectivity index (χ4n) is 2.48. The van der Waals surface area contributed by atoms with E-state index in [0.29, 0.717) is 27.0 Å². The number of anilines is 1. The zero-order valence-electron chi connectivity index (χ0n) is 17.5. The van der Waals surface area contributed by atoms with Gasteiger partial charge in [0.2, 0.25) is 0 Å². The van der Waals surface area contributed by atoms with Gasteiger partial charge in [0, 0.05) is 5.69 Å². The van der Waals surface area contributed by atoms with Gasteiger partial charge in [-0.1, -0.05) is 6.07 Å². The number of carbonyl (C=O) groups excluding carboxylic acids is 3. The summed E-state index contributed by atoms with van der Waals surface area (Å²) in [6.45, 7) is 3.72. The Hall–Kier alpha value is -3.64. The third-order valence-electron chi connectivity index (χ3n) is 3.94. The Morgan fingerprint density at radius 1 is 1.06 bits per heavy atom. The molecular formula is C23H21BrN2O6. The number of esters is 2. The summed E-state index contributed by atoms with van der Waals surface area (Å²) in [5.74, 6) is -1.12. The van der Waals surface area contributed by atoms with Crippen LogP contribution in [0.5, 0.6) is 5.75 Å². The SMILES string of the molecule is CCOC(=O)COc1ccc(/C=C(\C#N)C(=O)Nc2ccc(C(=O)OCC)cc2)cc1Br. The van der Waals surface area contributed by atoms with Crippen LogP contribution in [0.25, 0.3) is 6.08 Å². The summed E-state index contributed by atoms with van der Waals surface area (Å²) in [5.41, 5.74) is 1.24. The van der Waals surface area contributed by atoms with Gasteiger partial charge in [-0.05, 0) is 77.8 Å². The Labute approximate surface area is 193 Å². The topological polar surface area (TPSA) is 115 Å². The van der Waals surface area contributed by atoms with Crippen LogP contribution in [0.3, 0.4) is 0 Å². The van der Waals surface area contributed by atoms with Crippen molar-refractivity contribution in [2.75, 3.05) is 25.1 Å². The van der Waals surface area contributed by atoms with Crippen molar-refractivity contribution in [1.29, 1.82) is 5.26 Å². The lowest BCUT2D eigenvalue weighted by molar-refractivity contribution is -0.145. The Bertz CT molecular complexity index is 1060. The number of hydrogen-bond donors (Lipinski definition) is 1. The number of hydrogen-bond acceptors (Lipinski definition) is 7. The Morgan fingerprint density at radius 2 is 1.75 bits per heavy atom. The molecule has 32 heavy (non-hydrogen) atoms. The molecule has 0 aliphatic carbocycles. The summed E-state index contributed by atoms with van der Waals surface area (Å²) in [6.07, 6.45) is 1.42. The normalized spacial score (nSPS) is 10.6. The van der Waals surface area contributed by atoms with Crippen LogP contribution < -0.4 is 10.1 Å². The predicted molar refractivity (Wildman–Crippen MR) is 121 cm³/mol. The first-order valence-electron chi connectivity index (χ1n) is 9.66. The molecule has 0 spiro atoms. The van der Waals surface area contributed by atoms with E-state index in [2.05, 4.69) is 21.2 Å². The van der Waals surface area contributed by atoms with Crippen molar-refractivity contribution < 1.29 is 28.6 Å². The largest absolute Gasteiger partial charge is 0.481 e. The number of nitrogens with one attached hydrogen (secondary N) is 1. The molecule has 0 fully saturated rings. The van der Waals surface area contributed by atoms with Gasteiger partial charge >= 0.3 is 11.9 Å². The van der Waals surface area contributed by atoms with E-state index in [4.69, 9.17) is 14.2 Å². The number of benzene rings is 2. The molecule has 0 radical (unpaired) electrons. The summed E-state index contributed by atoms with van der Waals surface area (Å²) in [4.78, 5) is 35.6. The average Bonchev–Trinajstić information content (AvgIpc) is 2.77. The van der Waals surface area contributed by atoms with Gasteiger partial charge in [-0.2, -0.15) is 5.26 Å². The number of amides is 1. The molecule has 0 heterocycles. The maximum atomic E-state index is 12.5. The fraction of sp³-hybridized carbons (Fsp3) is 0.217. The van der Waals surface area contributed by atoms with Gasteiger partial charge in [0.05, 0.1) is 23.2 Å². The highest BCUT2D eigenvalue weighted by molar-refractivity contribution is 9.10. The van der Waals surface area contributed by atoms with E-state index in [-0.39, 0.29) is 25.4 Å². The van der Waals surface area contributed by atoms with Crippen molar-refractivity contribution in [3.8, 4) is 11.8 Å². The standard InChI is InChI=1S/C23H21BrN2O6/c1-3-30-21(27)14-32-20-10-5-15(12-19(20)24)11-17(13-25)22(28)26-18-8-6-16(7-9-18)23(29)31-4-2/h5-12H,3-4,14H2,1-2H3,(H,26,28)/b17-11+. The van der Waals surface area contributed by atoms with Crippen molar-refractivity contribution in [1.82, 2.24) is 0 Å². The van der Waals surface area contributed by atoms with Crippen molar-refractivity contribution in [2.24, 2.45) is 0 Å². The molecule has 2 aromatic rings. The highest BCUT2D eigenvalue weighted by Crippen LogP contribution is 2.27. The lowest BCUT2D eigenvalue weighted by Crippen LogP contribution is -2.14. The van der Waals surface area contributed by atoms with Crippen LogP contribution >= 0.6 is 15.9 Å². The minimum atomic E-state index is -0.602. The predicted octanol–water partition coefficient (Wildman–Crippen LogP) is 4.11. The van der Waals surface area contributed by atoms with Gasteiger partial charge in [0.1, 0.15) is 17.4 Å². The molecule has 0 aromatic heterocycles. The van der Waals surface area contributed by atoms with Crippen LogP contribution in [0.15, 0.2) is 52.5 Å². The highest BCUT2D eigenvalue weighted by atomic mass is 79.9. The third kappa shape index (κ3) is 7.25. The smallest absolute Gasteiger partial charge is 0.344 e. The first-order chi connectivity index (χ1) is 15.4. The number of carbonyl (C=O) groups is 3. The number of halogens is 1. The molecule has 0 aliphatic rings. The number of rotatable bonds is 9. The summed E-state index contributed by atoms with van der Waals surface area (Å²) >= 11 is 3.34. The van der Waals surface area contributed by atoms with E-state index < -0.39 is 17.8 Å². The summed E-state index contributed by atoms with van der Waals surface area (Å²) in [7, 11) is 0. The summed E-state index contributed by atoms with van der Waals surface area (Å²) < 4.78 is 15.6. The van der Waals surface area contributed by atoms with Gasteiger partial charge < -0.3 is 19.5 Å². The van der Waals surface area contributed by atoms with Crippen molar-refractivity contribution >= 4 is 45.5 Å². The molecule has 1 amide bonds. The molecule has 0 saturated heterocycles. The van der Waals surface area contributed by atoms with Crippen LogP contribution in [-0.2, 0) is 19.1 Å². The van der Waals surface area contributed by atoms with Crippen molar-refractivity contribution in [3.05, 3.63) is 63.6 Å². The maximum Gasteiger partial charge on any atom is 0.344 e. The second kappa shape index (κ2) is 12.3. The molecule has 0 bridgehead atoms. The first kappa shape index (κ1) is 24.6. The van der Waals surface area contributed by atoms with Crippen LogP contribution in [0.2, 0.25) is 0 Å². The third-order valence-corrected chi connectivity index (χ3v) is 4.56. The molecule has 1 N–H and O–H groups in total. The molecule has 0 aliphatic heterocycles. The monoisotopic (exact) mass is 500 g/mol. The van der Waals surface area contributed by atoms with E-state index in [1.54, 1.807) is 44.2 Å². The zero-order valence-corrected chi connectivity index (χ0v) is 19.1. The van der Waals surface area contributed by atoms with Crippen molar-refractivity contribution in [2.45, 2.75) is 13.8 Å². The number of ether oxygens (including phenoxy) is 3. The van der Waals surface area contributed by atoms with Crippen LogP contribution in [0.4, 0.5) is 5.69 Å². The molecule has 8 nitrogen and oxygen atoms in total.